The summed E-state index contributed by atoms with van der Waals surface area (Å²) >= 11 is 5.74. The quantitative estimate of drug-likeness (QED) is 0.812. The van der Waals surface area contributed by atoms with E-state index >= 15 is 0 Å². The first-order valence-electron chi connectivity index (χ1n) is 6.66. The van der Waals surface area contributed by atoms with Crippen LogP contribution in [0.25, 0.3) is 0 Å². The summed E-state index contributed by atoms with van der Waals surface area (Å²) in [4.78, 5) is 12.3. The summed E-state index contributed by atoms with van der Waals surface area (Å²) < 4.78 is 5.11. The van der Waals surface area contributed by atoms with Crippen molar-refractivity contribution >= 4 is 17.5 Å². The number of amides is 1. The van der Waals surface area contributed by atoms with Gasteiger partial charge in [-0.25, -0.2) is 0 Å². The van der Waals surface area contributed by atoms with Crippen LogP contribution in [0.5, 0.6) is 0 Å². The molecule has 1 N–H and O–H groups in total. The first-order chi connectivity index (χ1) is 9.24. The Morgan fingerprint density at radius 3 is 2.58 bits per heavy atom. The van der Waals surface area contributed by atoms with Gasteiger partial charge in [0.2, 0.25) is 5.91 Å². The lowest BCUT2D eigenvalue weighted by atomic mass is 10.0. The second kappa shape index (κ2) is 6.92. The Balaban J connectivity index is 1.91. The zero-order valence-corrected chi connectivity index (χ0v) is 12.0. The first-order valence-corrected chi connectivity index (χ1v) is 7.20. The van der Waals surface area contributed by atoms with E-state index in [9.17, 15) is 4.79 Å². The molecule has 1 aromatic carbocycles. The lowest BCUT2D eigenvalue weighted by Gasteiger charge is -2.19. The molecule has 1 aromatic rings. The molecule has 0 radical (unpaired) electrons. The lowest BCUT2D eigenvalue weighted by molar-refractivity contribution is -0.125. The Kier molecular flexibility index (Phi) is 5.23. The maximum Gasteiger partial charge on any atom is 0.224 e. The summed E-state index contributed by atoms with van der Waals surface area (Å²) in [5.74, 6) is 0.689. The van der Waals surface area contributed by atoms with Gasteiger partial charge in [-0.2, -0.15) is 0 Å². The van der Waals surface area contributed by atoms with E-state index in [1.165, 1.54) is 11.1 Å². The molecule has 1 atom stereocenters. The monoisotopic (exact) mass is 281 g/mol. The van der Waals surface area contributed by atoms with Gasteiger partial charge in [-0.15, -0.1) is 11.6 Å². The molecular formula is C15H20ClNO2. The highest BCUT2D eigenvalue weighted by atomic mass is 35.5. The van der Waals surface area contributed by atoms with Crippen LogP contribution in [0.3, 0.4) is 0 Å². The Morgan fingerprint density at radius 2 is 2.05 bits per heavy atom. The second-order valence-electron chi connectivity index (χ2n) is 5.01. The van der Waals surface area contributed by atoms with Crippen molar-refractivity contribution in [3.8, 4) is 0 Å². The summed E-state index contributed by atoms with van der Waals surface area (Å²) in [6, 6.07) is 8.28. The first kappa shape index (κ1) is 14.4. The van der Waals surface area contributed by atoms with Crippen molar-refractivity contribution in [3.63, 3.8) is 0 Å². The maximum atomic E-state index is 12.3. The molecule has 1 aliphatic carbocycles. The largest absolute Gasteiger partial charge is 0.383 e. The van der Waals surface area contributed by atoms with Crippen LogP contribution < -0.4 is 5.32 Å². The second-order valence-corrected chi connectivity index (χ2v) is 5.39. The van der Waals surface area contributed by atoms with E-state index in [0.29, 0.717) is 12.5 Å². The third kappa shape index (κ3) is 3.71. The van der Waals surface area contributed by atoms with Gasteiger partial charge in [-0.05, 0) is 30.4 Å². The van der Waals surface area contributed by atoms with Crippen LogP contribution in [-0.2, 0) is 22.4 Å². The summed E-state index contributed by atoms with van der Waals surface area (Å²) in [5.41, 5.74) is 2.59. The molecule has 1 amide bonds. The van der Waals surface area contributed by atoms with Crippen molar-refractivity contribution in [2.45, 2.75) is 25.3 Å². The van der Waals surface area contributed by atoms with Crippen molar-refractivity contribution < 1.29 is 9.53 Å². The molecule has 19 heavy (non-hydrogen) atoms. The van der Waals surface area contributed by atoms with Crippen molar-refractivity contribution in [3.05, 3.63) is 35.4 Å². The molecule has 0 saturated heterocycles. The third-order valence-corrected chi connectivity index (χ3v) is 3.81. The zero-order valence-electron chi connectivity index (χ0n) is 11.2. The molecule has 2 rings (SSSR count). The van der Waals surface area contributed by atoms with E-state index in [1.807, 2.05) is 12.1 Å². The van der Waals surface area contributed by atoms with Crippen molar-refractivity contribution in [2.75, 3.05) is 19.6 Å². The highest BCUT2D eigenvalue weighted by molar-refractivity contribution is 6.17. The van der Waals surface area contributed by atoms with Crippen LogP contribution in [0.15, 0.2) is 24.3 Å². The number of alkyl halides is 1. The van der Waals surface area contributed by atoms with E-state index in [0.717, 1.165) is 19.3 Å². The molecule has 0 spiro atoms. The van der Waals surface area contributed by atoms with Gasteiger partial charge in [0.1, 0.15) is 0 Å². The minimum absolute atomic E-state index is 0.0127. The van der Waals surface area contributed by atoms with Gasteiger partial charge in [0.25, 0.3) is 0 Å². The van der Waals surface area contributed by atoms with Gasteiger partial charge < -0.3 is 10.1 Å². The molecule has 4 heteroatoms. The number of hydrogen-bond donors (Lipinski definition) is 1. The van der Waals surface area contributed by atoms with Crippen LogP contribution in [0.2, 0.25) is 0 Å². The summed E-state index contributed by atoms with van der Waals surface area (Å²) in [6.07, 6.45) is 2.41. The van der Waals surface area contributed by atoms with Gasteiger partial charge in [0.05, 0.1) is 12.6 Å². The topological polar surface area (TPSA) is 38.3 Å². The fourth-order valence-corrected chi connectivity index (χ4v) is 2.86. The number of fused-ring (bicyclic) bond motifs is 1. The number of benzene rings is 1. The van der Waals surface area contributed by atoms with Crippen LogP contribution >= 0.6 is 11.6 Å². The summed E-state index contributed by atoms with van der Waals surface area (Å²) in [7, 11) is 1.64. The molecule has 0 aliphatic heterocycles. The SMILES string of the molecule is COCC(CCCl)NC(=O)C1Cc2ccccc2C1. The number of halogens is 1. The molecule has 104 valence electrons. The molecule has 0 fully saturated rings. The zero-order chi connectivity index (χ0) is 13.7. The van der Waals surface area contributed by atoms with Gasteiger partial charge in [0.15, 0.2) is 0 Å². The third-order valence-electron chi connectivity index (χ3n) is 3.59. The van der Waals surface area contributed by atoms with E-state index < -0.39 is 0 Å². The molecule has 0 heterocycles. The number of carbonyl (C=O) groups excluding carboxylic acids is 1. The van der Waals surface area contributed by atoms with E-state index in [2.05, 4.69) is 17.4 Å². The smallest absolute Gasteiger partial charge is 0.224 e. The number of methoxy groups -OCH3 is 1. The number of carbonyl (C=O) groups is 1. The van der Waals surface area contributed by atoms with Crippen LogP contribution in [-0.4, -0.2) is 31.5 Å². The van der Waals surface area contributed by atoms with Gasteiger partial charge in [-0.3, -0.25) is 4.79 Å². The van der Waals surface area contributed by atoms with Crippen LogP contribution in [0.1, 0.15) is 17.5 Å². The van der Waals surface area contributed by atoms with Crippen molar-refractivity contribution in [1.82, 2.24) is 5.32 Å². The van der Waals surface area contributed by atoms with Gasteiger partial charge in [-0.1, -0.05) is 24.3 Å². The predicted octanol–water partition coefficient (Wildman–Crippen LogP) is 2.16. The minimum atomic E-state index is 0.0127. The average Bonchev–Trinajstić information content (AvgIpc) is 2.83. The summed E-state index contributed by atoms with van der Waals surface area (Å²) in [6.45, 7) is 0.512. The van der Waals surface area contributed by atoms with Crippen LogP contribution in [0.4, 0.5) is 0 Å². The maximum absolute atomic E-state index is 12.3. The number of rotatable bonds is 6. The predicted molar refractivity (Wildman–Crippen MR) is 76.5 cm³/mol. The number of ether oxygens (including phenoxy) is 1. The molecule has 3 nitrogen and oxygen atoms in total. The Bertz CT molecular complexity index is 405. The van der Waals surface area contributed by atoms with Gasteiger partial charge in [0, 0.05) is 18.9 Å². The van der Waals surface area contributed by atoms with E-state index in [4.69, 9.17) is 16.3 Å². The summed E-state index contributed by atoms with van der Waals surface area (Å²) in [5, 5.41) is 3.05. The molecule has 0 saturated carbocycles. The standard InChI is InChI=1S/C15H20ClNO2/c1-19-10-14(6-7-16)17-15(18)13-8-11-4-2-3-5-12(11)9-13/h2-5,13-14H,6-10H2,1H3,(H,17,18). The molecule has 0 bridgehead atoms. The number of nitrogens with one attached hydrogen (secondary N) is 1. The van der Waals surface area contributed by atoms with Crippen molar-refractivity contribution in [2.24, 2.45) is 5.92 Å². The minimum Gasteiger partial charge on any atom is -0.383 e. The number of hydrogen-bond acceptors (Lipinski definition) is 2. The fraction of sp³-hybridized carbons (Fsp3) is 0.533. The highest BCUT2D eigenvalue weighted by Crippen LogP contribution is 2.26. The molecule has 1 aliphatic rings. The normalized spacial score (nSPS) is 16.1. The van der Waals surface area contributed by atoms with Gasteiger partial charge >= 0.3 is 0 Å². The molecule has 1 unspecified atom stereocenters. The molecular weight excluding hydrogens is 262 g/mol. The van der Waals surface area contributed by atoms with E-state index in [1.54, 1.807) is 7.11 Å². The Labute approximate surface area is 119 Å². The average molecular weight is 282 g/mol. The fourth-order valence-electron chi connectivity index (χ4n) is 2.59. The van der Waals surface area contributed by atoms with Crippen LogP contribution in [0, 0.1) is 5.92 Å². The lowest BCUT2D eigenvalue weighted by Crippen LogP contribution is -2.42. The molecule has 0 aromatic heterocycles. The Morgan fingerprint density at radius 1 is 1.42 bits per heavy atom. The van der Waals surface area contributed by atoms with Crippen molar-refractivity contribution in [1.29, 1.82) is 0 Å². The Hall–Kier alpha value is -1.06. The highest BCUT2D eigenvalue weighted by Gasteiger charge is 2.28. The van der Waals surface area contributed by atoms with E-state index in [-0.39, 0.29) is 17.9 Å².